The molecule has 4 saturated carbocycles. The summed E-state index contributed by atoms with van der Waals surface area (Å²) in [5, 5.41) is 19.2. The van der Waals surface area contributed by atoms with Crippen molar-refractivity contribution in [3.8, 4) is 0 Å². The van der Waals surface area contributed by atoms with Crippen LogP contribution in [-0.2, 0) is 4.79 Å². The fraction of sp³-hybridized carbons (Fsp3) is 0.914. The predicted molar refractivity (Wildman–Crippen MR) is 167 cm³/mol. The minimum absolute atomic E-state index is 0.136. The molecule has 4 rings (SSSR count). The van der Waals surface area contributed by atoms with Crippen molar-refractivity contribution >= 4 is 5.78 Å². The Bertz CT molecular complexity index is 873. The van der Waals surface area contributed by atoms with Crippen LogP contribution >= 0.6 is 0 Å². The summed E-state index contributed by atoms with van der Waals surface area (Å²) in [6.45, 7) is 19.7. The second kappa shape index (κ2) is 13.3. The summed E-state index contributed by atoms with van der Waals surface area (Å²) in [6.07, 6.45) is 14.7. The first kappa shape index (κ1) is 32.2. The molecule has 0 aromatic heterocycles. The van der Waals surface area contributed by atoms with E-state index in [2.05, 4.69) is 44.9 Å². The second-order valence-corrected chi connectivity index (χ2v) is 15.7. The first-order valence-corrected chi connectivity index (χ1v) is 16.9. The molecule has 0 heterocycles. The Kier molecular flexibility index (Phi) is 10.7. The number of hydrogen-bond acceptors (Lipinski definition) is 5. The number of aliphatic hydroxyl groups excluding tert-OH is 1. The Balaban J connectivity index is 1.34. The zero-order valence-corrected chi connectivity index (χ0v) is 26.7. The van der Waals surface area contributed by atoms with Gasteiger partial charge in [-0.3, -0.25) is 4.79 Å². The number of unbranched alkanes of at least 4 members (excludes halogenated alkanes) is 1. The van der Waals surface area contributed by atoms with Crippen molar-refractivity contribution in [3.05, 3.63) is 12.2 Å². The highest BCUT2D eigenvalue weighted by Crippen LogP contribution is 2.69. The van der Waals surface area contributed by atoms with Crippen molar-refractivity contribution in [2.45, 2.75) is 130 Å². The van der Waals surface area contributed by atoms with Crippen LogP contribution in [0.2, 0.25) is 0 Å². The lowest BCUT2D eigenvalue weighted by Crippen LogP contribution is -2.59. The van der Waals surface area contributed by atoms with Gasteiger partial charge in [0.15, 0.2) is 5.78 Å². The van der Waals surface area contributed by atoms with Gasteiger partial charge < -0.3 is 21.5 Å². The third kappa shape index (κ3) is 6.58. The number of nitrogens with two attached hydrogens (primary N) is 1. The zero-order valence-electron chi connectivity index (χ0n) is 26.7. The van der Waals surface area contributed by atoms with Gasteiger partial charge in [0.1, 0.15) is 0 Å². The topological polar surface area (TPSA) is 87.4 Å². The van der Waals surface area contributed by atoms with Gasteiger partial charge in [0.05, 0.1) is 6.10 Å². The molecule has 4 fully saturated rings. The van der Waals surface area contributed by atoms with E-state index < -0.39 is 0 Å². The molecule has 5 N–H and O–H groups in total. The molecule has 4 aliphatic carbocycles. The molecule has 4 unspecified atom stereocenters. The highest BCUT2D eigenvalue weighted by molar-refractivity contribution is 5.94. The van der Waals surface area contributed by atoms with E-state index in [9.17, 15) is 9.90 Å². The SMILES string of the molecule is C=C(C)C(=O)CCC(C)(C)C1CCC2C3C(CC[C@@]21C)[C@@]1(C)CC[C@H](NCCCNCCCCN)C[C@@H]1C[C@H]3O. The monoisotopic (exact) mass is 557 g/mol. The number of rotatable bonds is 14. The number of aliphatic hydroxyl groups is 1. The third-order valence-electron chi connectivity index (χ3n) is 12.9. The molecule has 5 nitrogen and oxygen atoms in total. The van der Waals surface area contributed by atoms with Crippen molar-refractivity contribution in [1.82, 2.24) is 10.6 Å². The lowest BCUT2D eigenvalue weighted by atomic mass is 9.43. The largest absolute Gasteiger partial charge is 0.393 e. The highest BCUT2D eigenvalue weighted by Gasteiger charge is 2.63. The van der Waals surface area contributed by atoms with Crippen molar-refractivity contribution < 1.29 is 9.90 Å². The molecule has 4 aliphatic rings. The summed E-state index contributed by atoms with van der Waals surface area (Å²) in [5.74, 6) is 3.20. The van der Waals surface area contributed by atoms with E-state index in [1.54, 1.807) is 0 Å². The molecule has 0 saturated heterocycles. The third-order valence-corrected chi connectivity index (χ3v) is 12.9. The number of hydrogen-bond donors (Lipinski definition) is 4. The van der Waals surface area contributed by atoms with Gasteiger partial charge in [-0.05, 0) is 162 Å². The Hall–Kier alpha value is -0.750. The molecule has 230 valence electrons. The summed E-state index contributed by atoms with van der Waals surface area (Å²) in [4.78, 5) is 12.4. The van der Waals surface area contributed by atoms with E-state index >= 15 is 0 Å². The van der Waals surface area contributed by atoms with Crippen LogP contribution in [-0.4, -0.2) is 49.2 Å². The molecule has 0 aromatic rings. The Morgan fingerprint density at radius 3 is 2.40 bits per heavy atom. The molecule has 9 atom stereocenters. The van der Waals surface area contributed by atoms with E-state index in [-0.39, 0.29) is 22.7 Å². The Morgan fingerprint density at radius 2 is 1.68 bits per heavy atom. The Morgan fingerprint density at radius 1 is 0.975 bits per heavy atom. The number of ketones is 1. The molecule has 40 heavy (non-hydrogen) atoms. The molecule has 0 bridgehead atoms. The molecular weight excluding hydrogens is 494 g/mol. The average Bonchev–Trinajstić information content (AvgIpc) is 3.27. The van der Waals surface area contributed by atoms with Gasteiger partial charge in [-0.25, -0.2) is 0 Å². The zero-order chi connectivity index (χ0) is 29.1. The van der Waals surface area contributed by atoms with Crippen LogP contribution in [0, 0.1) is 45.8 Å². The van der Waals surface area contributed by atoms with E-state index in [0.29, 0.717) is 53.0 Å². The molecule has 5 heteroatoms. The molecule has 0 aromatic carbocycles. The van der Waals surface area contributed by atoms with Gasteiger partial charge in [-0.1, -0.05) is 34.3 Å². The van der Waals surface area contributed by atoms with Crippen LogP contribution in [0.1, 0.15) is 118 Å². The maximum absolute atomic E-state index is 12.4. The van der Waals surface area contributed by atoms with Crippen LogP contribution in [0.5, 0.6) is 0 Å². The smallest absolute Gasteiger partial charge is 0.158 e. The molecule has 0 radical (unpaired) electrons. The highest BCUT2D eigenvalue weighted by atomic mass is 16.3. The summed E-state index contributed by atoms with van der Waals surface area (Å²) >= 11 is 0. The first-order chi connectivity index (χ1) is 18.9. The normalized spacial score (nSPS) is 39.3. The van der Waals surface area contributed by atoms with Crippen molar-refractivity contribution in [2.75, 3.05) is 26.2 Å². The van der Waals surface area contributed by atoms with Crippen LogP contribution in [0.25, 0.3) is 0 Å². The number of carbonyl (C=O) groups excluding carboxylic acids is 1. The minimum Gasteiger partial charge on any atom is -0.393 e. The molecular formula is C35H63N3O2. The van der Waals surface area contributed by atoms with Crippen molar-refractivity contribution in [2.24, 2.45) is 51.6 Å². The number of nitrogens with one attached hydrogen (secondary N) is 2. The lowest BCUT2D eigenvalue weighted by Gasteiger charge is -2.63. The van der Waals surface area contributed by atoms with E-state index in [1.165, 1.54) is 57.8 Å². The molecule has 0 spiro atoms. The van der Waals surface area contributed by atoms with Gasteiger partial charge in [0.2, 0.25) is 0 Å². The lowest BCUT2D eigenvalue weighted by molar-refractivity contribution is -0.170. The van der Waals surface area contributed by atoms with E-state index in [1.807, 2.05) is 6.92 Å². The maximum Gasteiger partial charge on any atom is 0.158 e. The van der Waals surface area contributed by atoms with Crippen LogP contribution in [0.3, 0.4) is 0 Å². The molecule has 0 amide bonds. The standard InChI is InChI=1S/C35H63N3O2/c1-24(2)29(39)14-15-33(3,4)31-11-10-27-32-28(13-17-35(27,31)6)34(5)16-12-26(22-25(34)23-30(32)40)38-21-9-20-37-19-8-7-18-36/h25-28,30-32,37-38,40H,1,7-23,36H2,2-6H3/t25-,26+,27?,28?,30-,31?,32?,34+,35+/m1/s1. The summed E-state index contributed by atoms with van der Waals surface area (Å²) < 4.78 is 0. The van der Waals surface area contributed by atoms with Gasteiger partial charge >= 0.3 is 0 Å². The minimum atomic E-state index is -0.156. The van der Waals surface area contributed by atoms with E-state index in [0.717, 1.165) is 45.4 Å². The van der Waals surface area contributed by atoms with Gasteiger partial charge in [0.25, 0.3) is 0 Å². The van der Waals surface area contributed by atoms with Crippen LogP contribution in [0.4, 0.5) is 0 Å². The number of carbonyl (C=O) groups is 1. The van der Waals surface area contributed by atoms with Gasteiger partial charge in [0, 0.05) is 12.5 Å². The molecule has 0 aliphatic heterocycles. The summed E-state index contributed by atoms with van der Waals surface area (Å²) in [6, 6.07) is 0.603. The Labute approximate surface area is 246 Å². The quantitative estimate of drug-likeness (QED) is 0.150. The van der Waals surface area contributed by atoms with Crippen molar-refractivity contribution in [3.63, 3.8) is 0 Å². The average molecular weight is 558 g/mol. The van der Waals surface area contributed by atoms with Gasteiger partial charge in [-0.2, -0.15) is 0 Å². The number of allylic oxidation sites excluding steroid dienone is 1. The van der Waals surface area contributed by atoms with Crippen LogP contribution in [0.15, 0.2) is 12.2 Å². The summed E-state index contributed by atoms with van der Waals surface area (Å²) in [5.41, 5.74) is 7.06. The maximum atomic E-state index is 12.4. The first-order valence-electron chi connectivity index (χ1n) is 16.9. The number of fused-ring (bicyclic) bond motifs is 5. The summed E-state index contributed by atoms with van der Waals surface area (Å²) in [7, 11) is 0. The fourth-order valence-corrected chi connectivity index (χ4v) is 10.6. The predicted octanol–water partition coefficient (Wildman–Crippen LogP) is 6.24. The van der Waals surface area contributed by atoms with Crippen molar-refractivity contribution in [1.29, 1.82) is 0 Å². The fourth-order valence-electron chi connectivity index (χ4n) is 10.6. The second-order valence-electron chi connectivity index (χ2n) is 15.7. The van der Waals surface area contributed by atoms with Gasteiger partial charge in [-0.15, -0.1) is 0 Å². The van der Waals surface area contributed by atoms with Crippen LogP contribution < -0.4 is 16.4 Å². The van der Waals surface area contributed by atoms with E-state index in [4.69, 9.17) is 5.73 Å². The number of Topliss-reactive ketones (excluding diaryl/α,β-unsaturated/α-hetero) is 1.